The fourth-order valence-electron chi connectivity index (χ4n) is 5.17. The molecule has 1 fully saturated rings. The smallest absolute Gasteiger partial charge is 0.0610 e. The molecule has 0 aromatic heterocycles. The third-order valence-electron chi connectivity index (χ3n) is 7.13. The molecule has 32 heavy (non-hydrogen) atoms. The minimum absolute atomic E-state index is 0.0582. The van der Waals surface area contributed by atoms with Gasteiger partial charge in [-0.1, -0.05) is 76.1 Å². The fraction of sp³-hybridized carbons (Fsp3) is 0.448. The second kappa shape index (κ2) is 11.4. The first kappa shape index (κ1) is 24.1. The molecule has 1 aliphatic heterocycles. The highest BCUT2D eigenvalue weighted by Crippen LogP contribution is 2.37. The molecule has 172 valence electrons. The van der Waals surface area contributed by atoms with Gasteiger partial charge in [0.15, 0.2) is 0 Å². The molecule has 3 nitrogen and oxygen atoms in total. The highest BCUT2D eigenvalue weighted by molar-refractivity contribution is 5.84. The zero-order valence-electron chi connectivity index (χ0n) is 20.2. The van der Waals surface area contributed by atoms with Crippen molar-refractivity contribution in [2.75, 3.05) is 19.7 Å². The van der Waals surface area contributed by atoms with E-state index in [1.54, 1.807) is 0 Å². The van der Waals surface area contributed by atoms with Crippen molar-refractivity contribution in [2.45, 2.75) is 52.9 Å². The highest BCUT2D eigenvalue weighted by atomic mass is 16.3. The number of nitrogens with zero attached hydrogens (tertiary/aromatic N) is 1. The van der Waals surface area contributed by atoms with Gasteiger partial charge in [-0.3, -0.25) is 0 Å². The zero-order chi connectivity index (χ0) is 23.1. The number of benzene rings is 1. The second-order valence-electron chi connectivity index (χ2n) is 9.19. The predicted octanol–water partition coefficient (Wildman–Crippen LogP) is 6.35. The van der Waals surface area contributed by atoms with E-state index in [-0.39, 0.29) is 6.61 Å². The maximum Gasteiger partial charge on any atom is 0.0610 e. The van der Waals surface area contributed by atoms with Crippen LogP contribution in [-0.4, -0.2) is 29.7 Å². The molecule has 0 saturated heterocycles. The maximum atomic E-state index is 9.61. The predicted molar refractivity (Wildman–Crippen MR) is 137 cm³/mol. The van der Waals surface area contributed by atoms with Crippen molar-refractivity contribution in [1.82, 2.24) is 10.2 Å². The van der Waals surface area contributed by atoms with E-state index in [0.29, 0.717) is 6.54 Å². The Hall–Kier alpha value is -2.52. The Balaban J connectivity index is 1.76. The van der Waals surface area contributed by atoms with Gasteiger partial charge in [-0.25, -0.2) is 0 Å². The maximum absolute atomic E-state index is 9.61. The molecule has 2 unspecified atom stereocenters. The summed E-state index contributed by atoms with van der Waals surface area (Å²) < 4.78 is 0. The number of aliphatic hydroxyl groups is 1. The van der Waals surface area contributed by atoms with Crippen LogP contribution in [0.2, 0.25) is 0 Å². The van der Waals surface area contributed by atoms with Gasteiger partial charge in [0.05, 0.1) is 6.61 Å². The van der Waals surface area contributed by atoms with Crippen molar-refractivity contribution in [1.29, 1.82) is 0 Å². The minimum atomic E-state index is 0.0582. The number of allylic oxidation sites excluding steroid dienone is 5. The molecule has 2 aliphatic rings. The van der Waals surface area contributed by atoms with E-state index >= 15 is 0 Å². The van der Waals surface area contributed by atoms with Crippen LogP contribution in [-0.2, 0) is 0 Å². The van der Waals surface area contributed by atoms with E-state index in [1.807, 2.05) is 4.90 Å². The van der Waals surface area contributed by atoms with E-state index in [2.05, 4.69) is 81.7 Å². The van der Waals surface area contributed by atoms with E-state index < -0.39 is 0 Å². The van der Waals surface area contributed by atoms with Crippen LogP contribution in [0.15, 0.2) is 78.3 Å². The lowest BCUT2D eigenvalue weighted by Gasteiger charge is -2.34. The van der Waals surface area contributed by atoms with Crippen LogP contribution in [0.1, 0.15) is 57.1 Å². The van der Waals surface area contributed by atoms with Crippen LogP contribution in [0.3, 0.4) is 0 Å². The summed E-state index contributed by atoms with van der Waals surface area (Å²) in [4.78, 5) is 2.02. The number of rotatable bonds is 9. The molecule has 1 heterocycles. The molecular weight excluding hydrogens is 392 g/mol. The van der Waals surface area contributed by atoms with E-state index in [1.165, 1.54) is 48.9 Å². The highest BCUT2D eigenvalue weighted by Gasteiger charge is 2.25. The first-order valence-corrected chi connectivity index (χ1v) is 12.1. The fourth-order valence-corrected chi connectivity index (χ4v) is 5.17. The van der Waals surface area contributed by atoms with Crippen LogP contribution in [0, 0.1) is 18.8 Å². The second-order valence-corrected chi connectivity index (χ2v) is 9.19. The number of β-amino-alcohol motifs (C(OH)–C–C–N with tert-alkyl or cyclic N) is 1. The monoisotopic (exact) mass is 432 g/mol. The van der Waals surface area contributed by atoms with E-state index in [4.69, 9.17) is 0 Å². The number of aliphatic hydroxyl groups excluding tert-OH is 1. The van der Waals surface area contributed by atoms with E-state index in [9.17, 15) is 5.11 Å². The molecule has 0 bridgehead atoms. The summed E-state index contributed by atoms with van der Waals surface area (Å²) in [5.41, 5.74) is 7.44. The zero-order valence-corrected chi connectivity index (χ0v) is 20.2. The normalized spacial score (nSPS) is 23.1. The molecular formula is C29H40N2O. The van der Waals surface area contributed by atoms with Gasteiger partial charge in [0, 0.05) is 35.8 Å². The summed E-state index contributed by atoms with van der Waals surface area (Å²) in [5.74, 6) is 1.80. The molecule has 1 aliphatic carbocycles. The lowest BCUT2D eigenvalue weighted by molar-refractivity contribution is 0.254. The summed E-state index contributed by atoms with van der Waals surface area (Å²) in [6.07, 6.45) is 13.2. The van der Waals surface area contributed by atoms with Crippen LogP contribution >= 0.6 is 0 Å². The molecule has 1 saturated carbocycles. The van der Waals surface area contributed by atoms with Crippen LogP contribution < -0.4 is 5.32 Å². The summed E-state index contributed by atoms with van der Waals surface area (Å²) in [5, 5.41) is 13.2. The number of nitrogens with one attached hydrogen (secondary N) is 1. The van der Waals surface area contributed by atoms with Gasteiger partial charge in [-0.05, 0) is 61.0 Å². The molecule has 0 spiro atoms. The Labute approximate surface area is 194 Å². The SMILES string of the molecule is C=C1C(c2ccccc2C)=C/C(=C/C=C(\C)NCCC2CCCC2CC)C(=C)N1CCO. The average Bonchev–Trinajstić information content (AvgIpc) is 3.24. The molecule has 3 heteroatoms. The summed E-state index contributed by atoms with van der Waals surface area (Å²) in [7, 11) is 0. The molecule has 1 aromatic rings. The quantitative estimate of drug-likeness (QED) is 0.477. The molecule has 1 aromatic carbocycles. The Kier molecular flexibility index (Phi) is 8.58. The summed E-state index contributed by atoms with van der Waals surface area (Å²) in [6.45, 7) is 16.8. The van der Waals surface area contributed by atoms with Crippen molar-refractivity contribution < 1.29 is 5.11 Å². The third kappa shape index (κ3) is 5.63. The van der Waals surface area contributed by atoms with Crippen molar-refractivity contribution >= 4 is 5.57 Å². The third-order valence-corrected chi connectivity index (χ3v) is 7.13. The molecule has 0 radical (unpaired) electrons. The van der Waals surface area contributed by atoms with Crippen molar-refractivity contribution in [3.05, 3.63) is 89.4 Å². The topological polar surface area (TPSA) is 35.5 Å². The Bertz CT molecular complexity index is 921. The van der Waals surface area contributed by atoms with Gasteiger partial charge in [0.1, 0.15) is 0 Å². The molecule has 2 atom stereocenters. The van der Waals surface area contributed by atoms with Crippen molar-refractivity contribution in [3.8, 4) is 0 Å². The van der Waals surface area contributed by atoms with Crippen LogP contribution in [0.5, 0.6) is 0 Å². The number of hydrogen-bond acceptors (Lipinski definition) is 3. The van der Waals surface area contributed by atoms with Crippen LogP contribution in [0.25, 0.3) is 5.57 Å². The molecule has 0 amide bonds. The lowest BCUT2D eigenvalue weighted by Crippen LogP contribution is -2.29. The van der Waals surface area contributed by atoms with Gasteiger partial charge in [0.2, 0.25) is 0 Å². The van der Waals surface area contributed by atoms with Gasteiger partial charge in [0.25, 0.3) is 0 Å². The largest absolute Gasteiger partial charge is 0.395 e. The molecule has 2 N–H and O–H groups in total. The van der Waals surface area contributed by atoms with Gasteiger partial charge in [-0.15, -0.1) is 0 Å². The minimum Gasteiger partial charge on any atom is -0.395 e. The summed E-state index contributed by atoms with van der Waals surface area (Å²) >= 11 is 0. The van der Waals surface area contributed by atoms with Gasteiger partial charge in [-0.2, -0.15) is 0 Å². The van der Waals surface area contributed by atoms with Gasteiger partial charge >= 0.3 is 0 Å². The standard InChI is InChI=1S/C29H40N2O/c1-6-25-11-9-12-26(25)16-17-30-22(3)14-15-27-20-29(28-13-8-7-10-21(28)2)24(5)31(18-19-32)23(27)4/h7-8,10,13-15,20,25-26,30,32H,4-6,9,11-12,16-19H2,1-3H3/b22-14+,27-15-. The Morgan fingerprint density at radius 1 is 1.19 bits per heavy atom. The lowest BCUT2D eigenvalue weighted by atomic mass is 9.91. The molecule has 3 rings (SSSR count). The number of aryl methyl sites for hydroxylation is 1. The Morgan fingerprint density at radius 2 is 1.94 bits per heavy atom. The van der Waals surface area contributed by atoms with Crippen molar-refractivity contribution in [2.24, 2.45) is 11.8 Å². The van der Waals surface area contributed by atoms with Gasteiger partial charge < -0.3 is 15.3 Å². The number of hydrogen-bond donors (Lipinski definition) is 2. The Morgan fingerprint density at radius 3 is 2.66 bits per heavy atom. The summed E-state index contributed by atoms with van der Waals surface area (Å²) in [6, 6.07) is 8.36. The first-order valence-electron chi connectivity index (χ1n) is 12.1. The van der Waals surface area contributed by atoms with Crippen LogP contribution in [0.4, 0.5) is 0 Å². The first-order chi connectivity index (χ1) is 15.5. The van der Waals surface area contributed by atoms with E-state index in [0.717, 1.165) is 40.9 Å². The van der Waals surface area contributed by atoms with Crippen molar-refractivity contribution in [3.63, 3.8) is 0 Å². The average molecular weight is 433 g/mol.